The number of rotatable bonds is 7. The molecule has 7 nitrogen and oxygen atoms in total. The van der Waals surface area contributed by atoms with Gasteiger partial charge < -0.3 is 16.8 Å². The van der Waals surface area contributed by atoms with Crippen LogP contribution < -0.4 is 16.8 Å². The molecule has 0 aliphatic heterocycles. The molecule has 0 aliphatic rings. The van der Waals surface area contributed by atoms with E-state index in [2.05, 4.69) is 27.4 Å². The van der Waals surface area contributed by atoms with Gasteiger partial charge in [0.05, 0.1) is 11.9 Å². The van der Waals surface area contributed by atoms with Crippen molar-refractivity contribution in [1.82, 2.24) is 15.3 Å². The smallest absolute Gasteiger partial charge is 0.271 e. The molecule has 4 rings (SSSR count). The Hall–Kier alpha value is -4.52. The topological polar surface area (TPSA) is 124 Å². The highest BCUT2D eigenvalue weighted by Gasteiger charge is 2.12. The van der Waals surface area contributed by atoms with Crippen molar-refractivity contribution in [2.45, 2.75) is 13.0 Å². The van der Waals surface area contributed by atoms with Crippen LogP contribution in [0.5, 0.6) is 0 Å². The van der Waals surface area contributed by atoms with E-state index in [9.17, 15) is 9.59 Å². The summed E-state index contributed by atoms with van der Waals surface area (Å²) < 4.78 is 0. The van der Waals surface area contributed by atoms with Crippen LogP contribution in [-0.2, 0) is 13.0 Å². The number of amides is 2. The summed E-state index contributed by atoms with van der Waals surface area (Å²) in [6, 6.07) is 25.5. The van der Waals surface area contributed by atoms with Crippen LogP contribution in [0.4, 0.5) is 5.82 Å². The predicted octanol–water partition coefficient (Wildman–Crippen LogP) is 3.35. The molecule has 0 unspecified atom stereocenters. The molecular formula is C26H23N5O2. The van der Waals surface area contributed by atoms with Gasteiger partial charge in [0.1, 0.15) is 0 Å². The molecule has 0 saturated heterocycles. The number of anilines is 1. The number of nitrogens with one attached hydrogen (secondary N) is 1. The molecule has 0 aliphatic carbocycles. The Labute approximate surface area is 191 Å². The average molecular weight is 438 g/mol. The van der Waals surface area contributed by atoms with Gasteiger partial charge in [-0.05, 0) is 34.4 Å². The molecule has 5 N–H and O–H groups in total. The van der Waals surface area contributed by atoms with Crippen molar-refractivity contribution < 1.29 is 9.59 Å². The summed E-state index contributed by atoms with van der Waals surface area (Å²) in [5, 5.41) is 2.95. The SMILES string of the molecule is NC(=O)c1nc(Cc2cccc(C(=O)NCc3ccc(-c4ccccc4)cc3)c2)cnc1N. The van der Waals surface area contributed by atoms with E-state index in [0.717, 1.165) is 22.3 Å². The number of nitrogens with zero attached hydrogens (tertiary/aromatic N) is 2. The minimum atomic E-state index is -0.730. The Kier molecular flexibility index (Phi) is 6.40. The molecule has 0 spiro atoms. The summed E-state index contributed by atoms with van der Waals surface area (Å²) in [7, 11) is 0. The first-order valence-corrected chi connectivity index (χ1v) is 10.4. The zero-order chi connectivity index (χ0) is 23.2. The first kappa shape index (κ1) is 21.7. The van der Waals surface area contributed by atoms with Gasteiger partial charge in [0, 0.05) is 18.5 Å². The average Bonchev–Trinajstić information content (AvgIpc) is 2.84. The summed E-state index contributed by atoms with van der Waals surface area (Å²) in [5.41, 5.74) is 16.1. The third-order valence-corrected chi connectivity index (χ3v) is 5.17. The number of carbonyl (C=O) groups is 2. The molecule has 0 radical (unpaired) electrons. The van der Waals surface area contributed by atoms with Crippen LogP contribution in [0.3, 0.4) is 0 Å². The van der Waals surface area contributed by atoms with Gasteiger partial charge in [-0.2, -0.15) is 0 Å². The quantitative estimate of drug-likeness (QED) is 0.409. The van der Waals surface area contributed by atoms with Crippen molar-refractivity contribution in [3.63, 3.8) is 0 Å². The van der Waals surface area contributed by atoms with Gasteiger partial charge in [-0.1, -0.05) is 66.7 Å². The van der Waals surface area contributed by atoms with Crippen molar-refractivity contribution in [2.75, 3.05) is 5.73 Å². The summed E-state index contributed by atoms with van der Waals surface area (Å²) in [6.45, 7) is 0.420. The maximum atomic E-state index is 12.7. The molecular weight excluding hydrogens is 414 g/mol. The molecule has 0 bridgehead atoms. The normalized spacial score (nSPS) is 10.5. The Balaban J connectivity index is 1.40. The van der Waals surface area contributed by atoms with Gasteiger partial charge in [0.15, 0.2) is 11.5 Å². The van der Waals surface area contributed by atoms with Crippen LogP contribution in [0, 0.1) is 0 Å². The molecule has 0 fully saturated rings. The van der Waals surface area contributed by atoms with Gasteiger partial charge in [0.25, 0.3) is 11.8 Å². The highest BCUT2D eigenvalue weighted by molar-refractivity contribution is 5.95. The summed E-state index contributed by atoms with van der Waals surface area (Å²) in [4.78, 5) is 32.3. The highest BCUT2D eigenvalue weighted by atomic mass is 16.2. The van der Waals surface area contributed by atoms with Crippen LogP contribution in [0.15, 0.2) is 85.1 Å². The lowest BCUT2D eigenvalue weighted by atomic mass is 10.0. The molecule has 3 aromatic carbocycles. The molecule has 4 aromatic rings. The van der Waals surface area contributed by atoms with Gasteiger partial charge in [-0.15, -0.1) is 0 Å². The van der Waals surface area contributed by atoms with E-state index in [1.54, 1.807) is 18.2 Å². The second kappa shape index (κ2) is 9.74. The van der Waals surface area contributed by atoms with Crippen LogP contribution in [0.1, 0.15) is 37.7 Å². The third kappa shape index (κ3) is 5.40. The fourth-order valence-corrected chi connectivity index (χ4v) is 3.46. The molecule has 2 amide bonds. The summed E-state index contributed by atoms with van der Waals surface area (Å²) >= 11 is 0. The van der Waals surface area contributed by atoms with E-state index < -0.39 is 5.91 Å². The second-order valence-corrected chi connectivity index (χ2v) is 7.58. The third-order valence-electron chi connectivity index (χ3n) is 5.17. The molecule has 1 aromatic heterocycles. The molecule has 7 heteroatoms. The lowest BCUT2D eigenvalue weighted by Crippen LogP contribution is -2.22. The van der Waals surface area contributed by atoms with Crippen molar-refractivity contribution in [3.8, 4) is 11.1 Å². The number of aromatic nitrogens is 2. The van der Waals surface area contributed by atoms with Crippen LogP contribution in [-0.4, -0.2) is 21.8 Å². The van der Waals surface area contributed by atoms with Crippen molar-refractivity contribution in [3.05, 3.63) is 113 Å². The van der Waals surface area contributed by atoms with E-state index in [4.69, 9.17) is 11.5 Å². The minimum absolute atomic E-state index is 0.00354. The summed E-state index contributed by atoms with van der Waals surface area (Å²) in [6.07, 6.45) is 1.88. The van der Waals surface area contributed by atoms with E-state index in [0.29, 0.717) is 24.2 Å². The number of benzene rings is 3. The van der Waals surface area contributed by atoms with Crippen LogP contribution in [0.25, 0.3) is 11.1 Å². The molecule has 1 heterocycles. The fourth-order valence-electron chi connectivity index (χ4n) is 3.46. The largest absolute Gasteiger partial charge is 0.382 e. The number of hydrogen-bond donors (Lipinski definition) is 3. The van der Waals surface area contributed by atoms with E-state index in [1.807, 2.05) is 48.5 Å². The van der Waals surface area contributed by atoms with Crippen LogP contribution >= 0.6 is 0 Å². The Morgan fingerprint density at radius 3 is 2.30 bits per heavy atom. The lowest BCUT2D eigenvalue weighted by Gasteiger charge is -2.09. The Morgan fingerprint density at radius 2 is 1.58 bits per heavy atom. The van der Waals surface area contributed by atoms with E-state index >= 15 is 0 Å². The highest BCUT2D eigenvalue weighted by Crippen LogP contribution is 2.19. The van der Waals surface area contributed by atoms with E-state index in [1.165, 1.54) is 6.20 Å². The van der Waals surface area contributed by atoms with Gasteiger partial charge in [0.2, 0.25) is 0 Å². The van der Waals surface area contributed by atoms with Gasteiger partial charge in [-0.3, -0.25) is 9.59 Å². The first-order valence-electron chi connectivity index (χ1n) is 10.4. The molecule has 164 valence electrons. The lowest BCUT2D eigenvalue weighted by molar-refractivity contribution is 0.0949. The number of carbonyl (C=O) groups excluding carboxylic acids is 2. The van der Waals surface area contributed by atoms with Crippen LogP contribution in [0.2, 0.25) is 0 Å². The fraction of sp³-hybridized carbons (Fsp3) is 0.0769. The molecule has 0 atom stereocenters. The number of hydrogen-bond acceptors (Lipinski definition) is 5. The monoisotopic (exact) mass is 437 g/mol. The number of primary amides is 1. The zero-order valence-corrected chi connectivity index (χ0v) is 17.9. The van der Waals surface area contributed by atoms with Gasteiger partial charge in [-0.25, -0.2) is 9.97 Å². The minimum Gasteiger partial charge on any atom is -0.382 e. The summed E-state index contributed by atoms with van der Waals surface area (Å²) in [5.74, 6) is -0.909. The maximum Gasteiger partial charge on any atom is 0.271 e. The van der Waals surface area contributed by atoms with Crippen molar-refractivity contribution in [1.29, 1.82) is 0 Å². The predicted molar refractivity (Wildman–Crippen MR) is 127 cm³/mol. The van der Waals surface area contributed by atoms with Crippen molar-refractivity contribution >= 4 is 17.6 Å². The maximum absolute atomic E-state index is 12.7. The standard InChI is InChI=1S/C26H23N5O2/c27-24-23(25(28)32)31-22(16-29-24)14-18-5-4-8-21(13-18)26(33)30-15-17-9-11-20(12-10-17)19-6-2-1-3-7-19/h1-13,16H,14-15H2,(H2,27,29)(H2,28,32)(H,30,33). The number of nitrogens with two attached hydrogens (primary N) is 2. The second-order valence-electron chi connectivity index (χ2n) is 7.58. The Bertz CT molecular complexity index is 1290. The van der Waals surface area contributed by atoms with Crippen molar-refractivity contribution in [2.24, 2.45) is 5.73 Å². The number of nitrogen functional groups attached to an aromatic ring is 1. The molecule has 33 heavy (non-hydrogen) atoms. The zero-order valence-electron chi connectivity index (χ0n) is 17.9. The first-order chi connectivity index (χ1) is 16.0. The van der Waals surface area contributed by atoms with E-state index in [-0.39, 0.29) is 17.4 Å². The van der Waals surface area contributed by atoms with Gasteiger partial charge >= 0.3 is 0 Å². The Morgan fingerprint density at radius 1 is 0.848 bits per heavy atom. The molecule has 0 saturated carbocycles.